The lowest BCUT2D eigenvalue weighted by Crippen LogP contribution is -2.18. The highest BCUT2D eigenvalue weighted by Gasteiger charge is 2.23. The Morgan fingerprint density at radius 1 is 1.29 bits per heavy atom. The Balaban J connectivity index is 3.27. The van der Waals surface area contributed by atoms with Gasteiger partial charge in [-0.3, -0.25) is 0 Å². The van der Waals surface area contributed by atoms with Crippen molar-refractivity contribution in [3.05, 3.63) is 17.6 Å². The first-order valence-electron chi connectivity index (χ1n) is 5.88. The Labute approximate surface area is 103 Å². The molecule has 1 aromatic heterocycles. The first kappa shape index (κ1) is 13.6. The van der Waals surface area contributed by atoms with Crippen LogP contribution in [0.5, 0.6) is 5.88 Å². The SMILES string of the molecule is CC=C(CC)c1nnc(C(C)(C)C)c(OC)n1. The van der Waals surface area contributed by atoms with Crippen LogP contribution in [-0.2, 0) is 5.41 Å². The van der Waals surface area contributed by atoms with E-state index in [1.54, 1.807) is 7.11 Å². The van der Waals surface area contributed by atoms with Gasteiger partial charge in [-0.25, -0.2) is 0 Å². The normalized spacial score (nSPS) is 12.7. The summed E-state index contributed by atoms with van der Waals surface area (Å²) in [6, 6.07) is 0. The molecular weight excluding hydrogens is 214 g/mol. The van der Waals surface area contributed by atoms with Crippen LogP contribution < -0.4 is 4.74 Å². The fourth-order valence-electron chi connectivity index (χ4n) is 1.55. The first-order valence-corrected chi connectivity index (χ1v) is 5.88. The Bertz CT molecular complexity index is 419. The molecule has 94 valence electrons. The molecule has 0 atom stereocenters. The summed E-state index contributed by atoms with van der Waals surface area (Å²) in [5, 5.41) is 8.45. The molecule has 0 fully saturated rings. The van der Waals surface area contributed by atoms with Gasteiger partial charge < -0.3 is 4.74 Å². The van der Waals surface area contributed by atoms with E-state index >= 15 is 0 Å². The molecule has 0 spiro atoms. The van der Waals surface area contributed by atoms with E-state index in [1.165, 1.54) is 0 Å². The maximum Gasteiger partial charge on any atom is 0.239 e. The number of rotatable bonds is 3. The summed E-state index contributed by atoms with van der Waals surface area (Å²) in [4.78, 5) is 4.44. The number of allylic oxidation sites excluding steroid dienone is 2. The molecule has 0 unspecified atom stereocenters. The fourth-order valence-corrected chi connectivity index (χ4v) is 1.55. The van der Waals surface area contributed by atoms with Crippen molar-refractivity contribution in [2.75, 3.05) is 7.11 Å². The number of aromatic nitrogens is 3. The summed E-state index contributed by atoms with van der Waals surface area (Å²) in [5.74, 6) is 1.22. The van der Waals surface area contributed by atoms with Crippen molar-refractivity contribution in [2.24, 2.45) is 0 Å². The number of hydrogen-bond donors (Lipinski definition) is 0. The zero-order chi connectivity index (χ0) is 13.1. The molecule has 0 aliphatic heterocycles. The molecule has 1 heterocycles. The van der Waals surface area contributed by atoms with Gasteiger partial charge in [-0.05, 0) is 18.9 Å². The molecular formula is C13H21N3O. The van der Waals surface area contributed by atoms with E-state index in [2.05, 4.69) is 42.9 Å². The van der Waals surface area contributed by atoms with Gasteiger partial charge >= 0.3 is 0 Å². The molecule has 0 bridgehead atoms. The number of methoxy groups -OCH3 is 1. The van der Waals surface area contributed by atoms with Gasteiger partial charge in [0.15, 0.2) is 5.82 Å². The Morgan fingerprint density at radius 3 is 2.35 bits per heavy atom. The van der Waals surface area contributed by atoms with E-state index in [1.807, 2.05) is 13.0 Å². The molecule has 0 saturated heterocycles. The van der Waals surface area contributed by atoms with Crippen molar-refractivity contribution in [1.82, 2.24) is 15.2 Å². The van der Waals surface area contributed by atoms with Crippen LogP contribution in [0.2, 0.25) is 0 Å². The van der Waals surface area contributed by atoms with Gasteiger partial charge in [-0.15, -0.1) is 10.2 Å². The van der Waals surface area contributed by atoms with E-state index in [4.69, 9.17) is 4.74 Å². The topological polar surface area (TPSA) is 47.9 Å². The highest BCUT2D eigenvalue weighted by molar-refractivity contribution is 5.58. The monoisotopic (exact) mass is 235 g/mol. The van der Waals surface area contributed by atoms with Crippen LogP contribution in [0.1, 0.15) is 52.6 Å². The lowest BCUT2D eigenvalue weighted by Gasteiger charge is -2.19. The van der Waals surface area contributed by atoms with Crippen LogP contribution in [-0.4, -0.2) is 22.3 Å². The second-order valence-electron chi connectivity index (χ2n) is 4.91. The molecule has 0 amide bonds. The quantitative estimate of drug-likeness (QED) is 0.808. The van der Waals surface area contributed by atoms with Crippen molar-refractivity contribution >= 4 is 5.57 Å². The minimum absolute atomic E-state index is 0.119. The van der Waals surface area contributed by atoms with Crippen LogP contribution in [0.15, 0.2) is 6.08 Å². The maximum absolute atomic E-state index is 5.31. The maximum atomic E-state index is 5.31. The highest BCUT2D eigenvalue weighted by Crippen LogP contribution is 2.28. The minimum atomic E-state index is -0.119. The average molecular weight is 235 g/mol. The van der Waals surface area contributed by atoms with E-state index in [9.17, 15) is 0 Å². The van der Waals surface area contributed by atoms with Crippen LogP contribution in [0.3, 0.4) is 0 Å². The second kappa shape index (κ2) is 5.25. The lowest BCUT2D eigenvalue weighted by atomic mass is 9.92. The molecule has 0 radical (unpaired) electrons. The van der Waals surface area contributed by atoms with Gasteiger partial charge in [0, 0.05) is 5.41 Å². The molecule has 0 saturated carbocycles. The van der Waals surface area contributed by atoms with Gasteiger partial charge in [0.2, 0.25) is 5.88 Å². The number of hydrogen-bond acceptors (Lipinski definition) is 4. The van der Waals surface area contributed by atoms with Crippen LogP contribution in [0, 0.1) is 0 Å². The van der Waals surface area contributed by atoms with E-state index in [-0.39, 0.29) is 5.41 Å². The number of nitrogens with zero attached hydrogens (tertiary/aromatic N) is 3. The van der Waals surface area contributed by atoms with Crippen molar-refractivity contribution in [3.8, 4) is 5.88 Å². The van der Waals surface area contributed by atoms with Crippen LogP contribution in [0.4, 0.5) is 0 Å². The lowest BCUT2D eigenvalue weighted by molar-refractivity contribution is 0.370. The zero-order valence-corrected chi connectivity index (χ0v) is 11.5. The van der Waals surface area contributed by atoms with Gasteiger partial charge in [0.1, 0.15) is 5.69 Å². The van der Waals surface area contributed by atoms with Crippen molar-refractivity contribution in [1.29, 1.82) is 0 Å². The summed E-state index contributed by atoms with van der Waals surface area (Å²) in [5.41, 5.74) is 1.75. The van der Waals surface area contributed by atoms with Crippen LogP contribution in [0.25, 0.3) is 5.57 Å². The summed E-state index contributed by atoms with van der Waals surface area (Å²) in [7, 11) is 1.62. The van der Waals surface area contributed by atoms with Crippen molar-refractivity contribution < 1.29 is 4.74 Å². The molecule has 0 N–H and O–H groups in total. The van der Waals surface area contributed by atoms with E-state index in [0.717, 1.165) is 17.7 Å². The predicted octanol–water partition coefficient (Wildman–Crippen LogP) is 2.99. The third-order valence-electron chi connectivity index (χ3n) is 2.58. The third-order valence-corrected chi connectivity index (χ3v) is 2.58. The smallest absolute Gasteiger partial charge is 0.239 e. The molecule has 1 aromatic rings. The summed E-state index contributed by atoms with van der Waals surface area (Å²) in [6.45, 7) is 10.3. The van der Waals surface area contributed by atoms with Crippen molar-refractivity contribution in [2.45, 2.75) is 46.5 Å². The minimum Gasteiger partial charge on any atom is -0.480 e. The molecule has 17 heavy (non-hydrogen) atoms. The Morgan fingerprint density at radius 2 is 1.94 bits per heavy atom. The molecule has 4 nitrogen and oxygen atoms in total. The molecule has 0 aromatic carbocycles. The van der Waals surface area contributed by atoms with Gasteiger partial charge in [-0.1, -0.05) is 33.8 Å². The molecule has 0 aliphatic rings. The van der Waals surface area contributed by atoms with E-state index < -0.39 is 0 Å². The highest BCUT2D eigenvalue weighted by atomic mass is 16.5. The van der Waals surface area contributed by atoms with Gasteiger partial charge in [0.05, 0.1) is 7.11 Å². The van der Waals surface area contributed by atoms with Gasteiger partial charge in [-0.2, -0.15) is 4.98 Å². The summed E-state index contributed by atoms with van der Waals surface area (Å²) >= 11 is 0. The Hall–Kier alpha value is -1.45. The van der Waals surface area contributed by atoms with Crippen molar-refractivity contribution in [3.63, 3.8) is 0 Å². The van der Waals surface area contributed by atoms with Gasteiger partial charge in [0.25, 0.3) is 0 Å². The third kappa shape index (κ3) is 3.02. The predicted molar refractivity (Wildman–Crippen MR) is 69.0 cm³/mol. The van der Waals surface area contributed by atoms with E-state index in [0.29, 0.717) is 11.7 Å². The Kier molecular flexibility index (Phi) is 4.21. The largest absolute Gasteiger partial charge is 0.480 e. The molecule has 0 aliphatic carbocycles. The summed E-state index contributed by atoms with van der Waals surface area (Å²) in [6.07, 6.45) is 2.89. The number of ether oxygens (including phenoxy) is 1. The standard InChI is InChI=1S/C13H21N3O/c1-7-9(8-2)11-14-12(17-6)10(15-16-11)13(3,4)5/h7H,8H2,1-6H3. The fraction of sp³-hybridized carbons (Fsp3) is 0.615. The average Bonchev–Trinajstić information content (AvgIpc) is 2.29. The molecule has 1 rings (SSSR count). The first-order chi connectivity index (χ1) is 7.93. The summed E-state index contributed by atoms with van der Waals surface area (Å²) < 4.78 is 5.31. The van der Waals surface area contributed by atoms with Crippen LogP contribution >= 0.6 is 0 Å². The second-order valence-corrected chi connectivity index (χ2v) is 4.91. The molecule has 4 heteroatoms. The zero-order valence-electron chi connectivity index (χ0n) is 11.5.